The van der Waals surface area contributed by atoms with Gasteiger partial charge in [-0.05, 0) is 32.4 Å². The van der Waals surface area contributed by atoms with E-state index in [1.54, 1.807) is 0 Å². The third kappa shape index (κ3) is 1.20. The van der Waals surface area contributed by atoms with Crippen molar-refractivity contribution >= 4 is 0 Å². The van der Waals surface area contributed by atoms with Gasteiger partial charge in [-0.1, -0.05) is 0 Å². The Balaban J connectivity index is 2.24. The van der Waals surface area contributed by atoms with Gasteiger partial charge >= 0.3 is 0 Å². The van der Waals surface area contributed by atoms with E-state index in [9.17, 15) is 0 Å². The molecule has 8 heavy (non-hydrogen) atoms. The van der Waals surface area contributed by atoms with Crippen LogP contribution in [0.15, 0.2) is 0 Å². The van der Waals surface area contributed by atoms with Crippen molar-refractivity contribution in [2.45, 2.75) is 19.4 Å². The van der Waals surface area contributed by atoms with Gasteiger partial charge in [-0.3, -0.25) is 0 Å². The van der Waals surface area contributed by atoms with Gasteiger partial charge in [-0.25, -0.2) is 0 Å². The zero-order chi connectivity index (χ0) is 5.98. The maximum Gasteiger partial charge on any atom is 0.00513 e. The molecule has 1 aliphatic rings. The number of hydrogen-bond acceptors (Lipinski definition) is 2. The fourth-order valence-electron chi connectivity index (χ4n) is 1.13. The van der Waals surface area contributed by atoms with Gasteiger partial charge < -0.3 is 11.1 Å². The normalized spacial score (nSPS) is 33.0. The molecule has 0 aromatic heterocycles. The molecule has 1 unspecified atom stereocenters. The molecule has 0 amide bonds. The summed E-state index contributed by atoms with van der Waals surface area (Å²) in [5.74, 6) is 0.731. The van der Waals surface area contributed by atoms with Crippen molar-refractivity contribution in [3.8, 4) is 0 Å². The smallest absolute Gasteiger partial charge is 0.00513 e. The Morgan fingerprint density at radius 2 is 2.50 bits per heavy atom. The summed E-state index contributed by atoms with van der Waals surface area (Å²) in [6, 6.07) is 0.380. The fraction of sp³-hybridized carbons (Fsp3) is 1.00. The molecule has 0 aromatic rings. The van der Waals surface area contributed by atoms with Gasteiger partial charge in [0, 0.05) is 6.04 Å². The van der Waals surface area contributed by atoms with Crippen LogP contribution in [0.4, 0.5) is 0 Å². The Hall–Kier alpha value is -0.0800. The SMILES string of the molecule is CC(N)[C@H]1CCNC1. The Labute approximate surface area is 50.4 Å². The highest BCUT2D eigenvalue weighted by atomic mass is 14.9. The van der Waals surface area contributed by atoms with Crippen LogP contribution in [0.25, 0.3) is 0 Å². The summed E-state index contributed by atoms with van der Waals surface area (Å²) in [5.41, 5.74) is 5.66. The molecule has 1 rings (SSSR count). The summed E-state index contributed by atoms with van der Waals surface area (Å²) in [6.45, 7) is 4.36. The molecule has 1 heterocycles. The van der Waals surface area contributed by atoms with E-state index in [2.05, 4.69) is 12.2 Å². The highest BCUT2D eigenvalue weighted by Gasteiger charge is 2.17. The molecule has 0 aliphatic carbocycles. The van der Waals surface area contributed by atoms with E-state index in [4.69, 9.17) is 5.73 Å². The number of nitrogens with two attached hydrogens (primary N) is 1. The molecule has 48 valence electrons. The summed E-state index contributed by atoms with van der Waals surface area (Å²) >= 11 is 0. The largest absolute Gasteiger partial charge is 0.328 e. The summed E-state index contributed by atoms with van der Waals surface area (Å²) in [7, 11) is 0. The van der Waals surface area contributed by atoms with Gasteiger partial charge in [0.15, 0.2) is 0 Å². The number of nitrogens with one attached hydrogen (secondary N) is 1. The highest BCUT2D eigenvalue weighted by molar-refractivity contribution is 4.77. The lowest BCUT2D eigenvalue weighted by Gasteiger charge is -2.10. The molecule has 2 atom stereocenters. The highest BCUT2D eigenvalue weighted by Crippen LogP contribution is 2.09. The maximum atomic E-state index is 5.66. The Bertz CT molecular complexity index is 64.9. The molecule has 0 spiro atoms. The second-order valence-electron chi connectivity index (χ2n) is 2.61. The third-order valence-electron chi connectivity index (χ3n) is 1.84. The van der Waals surface area contributed by atoms with E-state index in [-0.39, 0.29) is 0 Å². The predicted octanol–water partition coefficient (Wildman–Crippen LogP) is -0.0569. The van der Waals surface area contributed by atoms with Crippen molar-refractivity contribution in [3.05, 3.63) is 0 Å². The molecule has 1 aliphatic heterocycles. The fourth-order valence-corrected chi connectivity index (χ4v) is 1.13. The summed E-state index contributed by atoms with van der Waals surface area (Å²) in [4.78, 5) is 0. The Morgan fingerprint density at radius 1 is 1.75 bits per heavy atom. The van der Waals surface area contributed by atoms with Crippen LogP contribution in [0.3, 0.4) is 0 Å². The number of hydrogen-bond donors (Lipinski definition) is 2. The Morgan fingerprint density at radius 3 is 2.75 bits per heavy atom. The lowest BCUT2D eigenvalue weighted by Crippen LogP contribution is -2.27. The molecule has 0 saturated carbocycles. The predicted molar refractivity (Wildman–Crippen MR) is 34.6 cm³/mol. The second-order valence-corrected chi connectivity index (χ2v) is 2.61. The molecule has 0 bridgehead atoms. The maximum absolute atomic E-state index is 5.66. The lowest BCUT2D eigenvalue weighted by molar-refractivity contribution is 0.484. The van der Waals surface area contributed by atoms with Gasteiger partial charge in [0.25, 0.3) is 0 Å². The van der Waals surface area contributed by atoms with Crippen LogP contribution in [0, 0.1) is 5.92 Å². The molecule has 1 saturated heterocycles. The van der Waals surface area contributed by atoms with Crippen molar-refractivity contribution in [1.82, 2.24) is 5.32 Å². The first-order valence-corrected chi connectivity index (χ1v) is 3.27. The average molecular weight is 114 g/mol. The van der Waals surface area contributed by atoms with Gasteiger partial charge in [-0.2, -0.15) is 0 Å². The van der Waals surface area contributed by atoms with Gasteiger partial charge in [0.2, 0.25) is 0 Å². The zero-order valence-electron chi connectivity index (χ0n) is 5.35. The first kappa shape index (κ1) is 6.05. The van der Waals surface area contributed by atoms with Gasteiger partial charge in [-0.15, -0.1) is 0 Å². The average Bonchev–Trinajstić information content (AvgIpc) is 2.12. The summed E-state index contributed by atoms with van der Waals surface area (Å²) in [5, 5.41) is 3.27. The van der Waals surface area contributed by atoms with E-state index in [1.807, 2.05) is 0 Å². The lowest BCUT2D eigenvalue weighted by atomic mass is 10.0. The standard InChI is InChI=1S/C6H14N2/c1-5(7)6-2-3-8-4-6/h5-6,8H,2-4,7H2,1H3/t5?,6-/m0/s1. The molecular weight excluding hydrogens is 100 g/mol. The second kappa shape index (κ2) is 2.46. The van der Waals surface area contributed by atoms with Crippen molar-refractivity contribution < 1.29 is 0 Å². The molecular formula is C6H14N2. The minimum Gasteiger partial charge on any atom is -0.328 e. The van der Waals surface area contributed by atoms with Crippen LogP contribution in [0.2, 0.25) is 0 Å². The minimum atomic E-state index is 0.380. The van der Waals surface area contributed by atoms with Crippen LogP contribution < -0.4 is 11.1 Å². The topological polar surface area (TPSA) is 38.0 Å². The van der Waals surface area contributed by atoms with E-state index < -0.39 is 0 Å². The van der Waals surface area contributed by atoms with E-state index in [0.29, 0.717) is 6.04 Å². The van der Waals surface area contributed by atoms with Crippen molar-refractivity contribution in [1.29, 1.82) is 0 Å². The van der Waals surface area contributed by atoms with E-state index in [1.165, 1.54) is 6.42 Å². The third-order valence-corrected chi connectivity index (χ3v) is 1.84. The molecule has 0 aromatic carbocycles. The Kier molecular flexibility index (Phi) is 1.86. The van der Waals surface area contributed by atoms with Crippen LogP contribution >= 0.6 is 0 Å². The molecule has 0 radical (unpaired) electrons. The number of rotatable bonds is 1. The molecule has 3 N–H and O–H groups in total. The summed E-state index contributed by atoms with van der Waals surface area (Å²) < 4.78 is 0. The van der Waals surface area contributed by atoms with Crippen molar-refractivity contribution in [3.63, 3.8) is 0 Å². The first-order chi connectivity index (χ1) is 3.80. The van der Waals surface area contributed by atoms with E-state index >= 15 is 0 Å². The van der Waals surface area contributed by atoms with Crippen molar-refractivity contribution in [2.75, 3.05) is 13.1 Å². The van der Waals surface area contributed by atoms with Crippen molar-refractivity contribution in [2.24, 2.45) is 11.7 Å². The molecule has 2 nitrogen and oxygen atoms in total. The van der Waals surface area contributed by atoms with Crippen LogP contribution in [0.1, 0.15) is 13.3 Å². The van der Waals surface area contributed by atoms with Gasteiger partial charge in [0.1, 0.15) is 0 Å². The zero-order valence-corrected chi connectivity index (χ0v) is 5.35. The van der Waals surface area contributed by atoms with Crippen LogP contribution in [-0.2, 0) is 0 Å². The summed E-state index contributed by atoms with van der Waals surface area (Å²) in [6.07, 6.45) is 1.26. The van der Waals surface area contributed by atoms with Crippen LogP contribution in [-0.4, -0.2) is 19.1 Å². The minimum absolute atomic E-state index is 0.380. The van der Waals surface area contributed by atoms with E-state index in [0.717, 1.165) is 19.0 Å². The van der Waals surface area contributed by atoms with Crippen LogP contribution in [0.5, 0.6) is 0 Å². The van der Waals surface area contributed by atoms with Gasteiger partial charge in [0.05, 0.1) is 0 Å². The quantitative estimate of drug-likeness (QED) is 0.501. The molecule has 1 fully saturated rings. The monoisotopic (exact) mass is 114 g/mol. The molecule has 2 heteroatoms. The first-order valence-electron chi connectivity index (χ1n) is 3.27.